The largest absolute Gasteiger partial charge is 0.399 e. The van der Waals surface area contributed by atoms with Gasteiger partial charge in [0.1, 0.15) is 0 Å². The minimum absolute atomic E-state index is 0.558. The lowest BCUT2D eigenvalue weighted by atomic mass is 10.0. The zero-order valence-corrected chi connectivity index (χ0v) is 8.09. The Hall–Kier alpha value is -2.34. The van der Waals surface area contributed by atoms with Crippen molar-refractivity contribution < 1.29 is 0 Å². The first kappa shape index (κ1) is 9.22. The van der Waals surface area contributed by atoms with E-state index in [9.17, 15) is 0 Å². The van der Waals surface area contributed by atoms with Crippen LogP contribution >= 0.6 is 0 Å². The maximum absolute atomic E-state index is 8.83. The number of rotatable bonds is 1. The van der Waals surface area contributed by atoms with Crippen LogP contribution in [0.25, 0.3) is 16.1 Å². The Kier molecular flexibility index (Phi) is 2.34. The summed E-state index contributed by atoms with van der Waals surface area (Å²) in [5, 5.41) is 8.83. The first-order valence-electron chi connectivity index (χ1n) is 4.61. The average Bonchev–Trinajstić information content (AvgIpc) is 2.30. The third kappa shape index (κ3) is 1.79. The lowest BCUT2D eigenvalue weighted by Crippen LogP contribution is -1.83. The summed E-state index contributed by atoms with van der Waals surface area (Å²) < 4.78 is 0. The van der Waals surface area contributed by atoms with Gasteiger partial charge in [-0.25, -0.2) is 0 Å². The first-order valence-corrected chi connectivity index (χ1v) is 4.61. The van der Waals surface area contributed by atoms with Gasteiger partial charge < -0.3 is 5.73 Å². The highest BCUT2D eigenvalue weighted by Crippen LogP contribution is 2.30. The molecule has 15 heavy (non-hydrogen) atoms. The van der Waals surface area contributed by atoms with Crippen molar-refractivity contribution in [1.29, 1.82) is 5.39 Å². The van der Waals surface area contributed by atoms with E-state index in [2.05, 4.69) is 4.98 Å². The van der Waals surface area contributed by atoms with Gasteiger partial charge in [0.25, 0.3) is 0 Å². The van der Waals surface area contributed by atoms with Gasteiger partial charge in [0.05, 0.1) is 5.56 Å². The molecule has 0 bridgehead atoms. The Morgan fingerprint density at radius 3 is 2.27 bits per heavy atom. The van der Waals surface area contributed by atoms with Crippen LogP contribution in [0, 0.1) is 5.39 Å². The smallest absolute Gasteiger partial charge is 0.392 e. The fourth-order valence-electron chi connectivity index (χ4n) is 1.47. The molecule has 0 aromatic heterocycles. The van der Waals surface area contributed by atoms with E-state index in [4.69, 9.17) is 11.1 Å². The quantitative estimate of drug-likeness (QED) is 0.561. The van der Waals surface area contributed by atoms with Crippen LogP contribution < -0.4 is 5.73 Å². The zero-order valence-electron chi connectivity index (χ0n) is 8.09. The van der Waals surface area contributed by atoms with E-state index in [0.29, 0.717) is 5.69 Å². The summed E-state index contributed by atoms with van der Waals surface area (Å²) in [4.78, 5) is 3.24. The number of nitrogens with zero attached hydrogens (tertiary/aromatic N) is 2. The van der Waals surface area contributed by atoms with Crippen LogP contribution in [-0.2, 0) is 0 Å². The van der Waals surface area contributed by atoms with Crippen molar-refractivity contribution >= 4 is 11.4 Å². The van der Waals surface area contributed by atoms with Crippen LogP contribution in [0.4, 0.5) is 11.4 Å². The predicted molar refractivity (Wildman–Crippen MR) is 61.0 cm³/mol. The molecule has 3 nitrogen and oxygen atoms in total. The van der Waals surface area contributed by atoms with E-state index in [0.717, 1.165) is 16.8 Å². The molecular weight excluding hydrogens is 186 g/mol. The molecule has 0 radical (unpaired) electrons. The molecule has 0 saturated heterocycles. The molecule has 0 atom stereocenters. The second-order valence-corrected chi connectivity index (χ2v) is 3.24. The van der Waals surface area contributed by atoms with Crippen LogP contribution in [0.1, 0.15) is 0 Å². The molecule has 0 amide bonds. The fourth-order valence-corrected chi connectivity index (χ4v) is 1.47. The number of diazo groups is 1. The molecule has 2 aromatic carbocycles. The molecule has 72 valence electrons. The van der Waals surface area contributed by atoms with Crippen molar-refractivity contribution in [3.8, 4) is 11.1 Å². The number of anilines is 1. The molecular formula is C12H10N3+. The van der Waals surface area contributed by atoms with E-state index in [1.807, 2.05) is 42.5 Å². The number of hydrogen-bond donors (Lipinski definition) is 1. The van der Waals surface area contributed by atoms with E-state index >= 15 is 0 Å². The highest BCUT2D eigenvalue weighted by Gasteiger charge is 2.13. The van der Waals surface area contributed by atoms with Gasteiger partial charge in [0.2, 0.25) is 5.39 Å². The van der Waals surface area contributed by atoms with Crippen molar-refractivity contribution in [3.63, 3.8) is 0 Å². The number of hydrogen-bond acceptors (Lipinski definition) is 2. The van der Waals surface area contributed by atoms with Gasteiger partial charge in [0, 0.05) is 11.8 Å². The van der Waals surface area contributed by atoms with Crippen LogP contribution in [0.3, 0.4) is 0 Å². The van der Waals surface area contributed by atoms with Crippen molar-refractivity contribution in [2.24, 2.45) is 0 Å². The van der Waals surface area contributed by atoms with E-state index in [-0.39, 0.29) is 0 Å². The normalized spacial score (nSPS) is 9.53. The highest BCUT2D eigenvalue weighted by atomic mass is 14.8. The van der Waals surface area contributed by atoms with E-state index in [1.165, 1.54) is 0 Å². The molecule has 2 aromatic rings. The van der Waals surface area contributed by atoms with Gasteiger partial charge in [-0.1, -0.05) is 24.3 Å². The predicted octanol–water partition coefficient (Wildman–Crippen LogP) is 3.42. The SMILES string of the molecule is N#[N+]c1ccccc1-c1ccc(N)cc1. The van der Waals surface area contributed by atoms with Crippen LogP contribution in [-0.4, -0.2) is 0 Å². The van der Waals surface area contributed by atoms with Crippen molar-refractivity contribution in [3.05, 3.63) is 53.5 Å². The van der Waals surface area contributed by atoms with Gasteiger partial charge >= 0.3 is 5.69 Å². The van der Waals surface area contributed by atoms with Crippen LogP contribution in [0.15, 0.2) is 48.5 Å². The Balaban J connectivity index is 2.55. The fraction of sp³-hybridized carbons (Fsp3) is 0. The number of nitrogens with two attached hydrogens (primary N) is 1. The molecule has 0 unspecified atom stereocenters. The highest BCUT2D eigenvalue weighted by molar-refractivity contribution is 5.78. The molecule has 0 heterocycles. The minimum atomic E-state index is 0.558. The molecule has 0 aliphatic carbocycles. The third-order valence-electron chi connectivity index (χ3n) is 2.23. The summed E-state index contributed by atoms with van der Waals surface area (Å²) in [5.41, 5.74) is 8.75. The van der Waals surface area contributed by atoms with Gasteiger partial charge in [0.15, 0.2) is 4.98 Å². The van der Waals surface area contributed by atoms with Crippen molar-refractivity contribution in [2.75, 3.05) is 5.73 Å². The monoisotopic (exact) mass is 196 g/mol. The third-order valence-corrected chi connectivity index (χ3v) is 2.23. The summed E-state index contributed by atoms with van der Waals surface area (Å²) in [6.45, 7) is 0. The second-order valence-electron chi connectivity index (χ2n) is 3.24. The van der Waals surface area contributed by atoms with E-state index in [1.54, 1.807) is 6.07 Å². The molecule has 0 aliphatic heterocycles. The lowest BCUT2D eigenvalue weighted by molar-refractivity contribution is 1.46. The Bertz CT molecular complexity index is 509. The molecule has 0 saturated carbocycles. The Morgan fingerprint density at radius 2 is 1.60 bits per heavy atom. The van der Waals surface area contributed by atoms with E-state index < -0.39 is 0 Å². The van der Waals surface area contributed by atoms with Gasteiger partial charge in [-0.05, 0) is 23.8 Å². The molecule has 3 heteroatoms. The van der Waals surface area contributed by atoms with Gasteiger partial charge in [-0.15, -0.1) is 0 Å². The second kappa shape index (κ2) is 3.81. The van der Waals surface area contributed by atoms with Crippen molar-refractivity contribution in [1.82, 2.24) is 0 Å². The molecule has 0 fully saturated rings. The van der Waals surface area contributed by atoms with Gasteiger partial charge in [-0.2, -0.15) is 0 Å². The molecule has 0 spiro atoms. The summed E-state index contributed by atoms with van der Waals surface area (Å²) in [7, 11) is 0. The summed E-state index contributed by atoms with van der Waals surface area (Å²) in [5.74, 6) is 0. The summed E-state index contributed by atoms with van der Waals surface area (Å²) >= 11 is 0. The maximum atomic E-state index is 8.83. The maximum Gasteiger partial charge on any atom is 0.392 e. The first-order chi connectivity index (χ1) is 7.31. The van der Waals surface area contributed by atoms with Crippen molar-refractivity contribution in [2.45, 2.75) is 0 Å². The topological polar surface area (TPSA) is 54.2 Å². The Labute approximate surface area is 87.8 Å². The number of benzene rings is 2. The standard InChI is InChI=1S/C12H10N3/c13-10-7-5-9(6-8-10)11-3-1-2-4-12(11)15-14/h1-8H,13H2/q+1. The Morgan fingerprint density at radius 1 is 0.933 bits per heavy atom. The van der Waals surface area contributed by atoms with Crippen LogP contribution in [0.5, 0.6) is 0 Å². The summed E-state index contributed by atoms with van der Waals surface area (Å²) in [6, 6.07) is 14.8. The van der Waals surface area contributed by atoms with Crippen LogP contribution in [0.2, 0.25) is 0 Å². The molecule has 2 rings (SSSR count). The lowest BCUT2D eigenvalue weighted by Gasteiger charge is -1.98. The van der Waals surface area contributed by atoms with Gasteiger partial charge in [-0.3, -0.25) is 0 Å². The summed E-state index contributed by atoms with van der Waals surface area (Å²) in [6.07, 6.45) is 0. The molecule has 2 N–H and O–H groups in total. The average molecular weight is 196 g/mol. The molecule has 0 aliphatic rings. The zero-order chi connectivity index (χ0) is 10.7. The number of nitrogen functional groups attached to an aromatic ring is 1. The minimum Gasteiger partial charge on any atom is -0.399 e.